The van der Waals surface area contributed by atoms with Gasteiger partial charge in [0.1, 0.15) is 11.6 Å². The monoisotopic (exact) mass is 334 g/mol. The predicted octanol–water partition coefficient (Wildman–Crippen LogP) is 5.27. The molecule has 0 bridgehead atoms. The SMILES string of the molecule is CSCCCCn1c(C(C)Cl)nc2cc(F)c(Cl)cc21. The molecule has 6 heteroatoms. The number of nitrogens with zero attached hydrogens (tertiary/aromatic N) is 2. The molecule has 0 N–H and O–H groups in total. The Labute approximate surface area is 132 Å². The minimum Gasteiger partial charge on any atom is -0.327 e. The van der Waals surface area contributed by atoms with Gasteiger partial charge in [0, 0.05) is 12.6 Å². The first kappa shape index (κ1) is 15.9. The number of aromatic nitrogens is 2. The van der Waals surface area contributed by atoms with Crippen LogP contribution in [0, 0.1) is 5.82 Å². The molecule has 1 aromatic carbocycles. The van der Waals surface area contributed by atoms with Crippen LogP contribution in [-0.2, 0) is 6.54 Å². The minimum atomic E-state index is -0.444. The van der Waals surface area contributed by atoms with E-state index < -0.39 is 5.82 Å². The van der Waals surface area contributed by atoms with Crippen molar-refractivity contribution in [2.24, 2.45) is 0 Å². The highest BCUT2D eigenvalue weighted by molar-refractivity contribution is 7.98. The van der Waals surface area contributed by atoms with Crippen molar-refractivity contribution < 1.29 is 4.39 Å². The van der Waals surface area contributed by atoms with Crippen molar-refractivity contribution in [2.75, 3.05) is 12.0 Å². The zero-order valence-electron chi connectivity index (χ0n) is 11.5. The van der Waals surface area contributed by atoms with Crippen molar-refractivity contribution in [3.63, 3.8) is 0 Å². The first-order valence-electron chi connectivity index (χ1n) is 6.52. The number of hydrogen-bond acceptors (Lipinski definition) is 2. The van der Waals surface area contributed by atoms with Crippen molar-refractivity contribution >= 4 is 46.0 Å². The molecule has 20 heavy (non-hydrogen) atoms. The van der Waals surface area contributed by atoms with Crippen LogP contribution >= 0.6 is 35.0 Å². The zero-order valence-corrected chi connectivity index (χ0v) is 13.8. The highest BCUT2D eigenvalue weighted by Gasteiger charge is 2.16. The van der Waals surface area contributed by atoms with Crippen LogP contribution in [0.2, 0.25) is 5.02 Å². The Kier molecular flexibility index (Phi) is 5.58. The van der Waals surface area contributed by atoms with Crippen LogP contribution in [0.1, 0.15) is 31.0 Å². The molecule has 0 fully saturated rings. The average molecular weight is 335 g/mol. The van der Waals surface area contributed by atoms with Crippen molar-refractivity contribution in [3.05, 3.63) is 28.8 Å². The summed E-state index contributed by atoms with van der Waals surface area (Å²) < 4.78 is 15.6. The van der Waals surface area contributed by atoms with Crippen molar-refractivity contribution in [1.29, 1.82) is 0 Å². The quantitative estimate of drug-likeness (QED) is 0.528. The fourth-order valence-corrected chi connectivity index (χ4v) is 3.01. The van der Waals surface area contributed by atoms with Crippen LogP contribution in [0.4, 0.5) is 4.39 Å². The lowest BCUT2D eigenvalue weighted by Gasteiger charge is -2.10. The molecule has 1 aromatic heterocycles. The summed E-state index contributed by atoms with van der Waals surface area (Å²) in [6, 6.07) is 3.01. The van der Waals surface area contributed by atoms with Crippen LogP contribution in [0.25, 0.3) is 11.0 Å². The third-order valence-electron chi connectivity index (χ3n) is 3.16. The smallest absolute Gasteiger partial charge is 0.144 e. The lowest BCUT2D eigenvalue weighted by atomic mass is 10.3. The van der Waals surface area contributed by atoms with Crippen molar-refractivity contribution in [1.82, 2.24) is 9.55 Å². The molecule has 1 atom stereocenters. The van der Waals surface area contributed by atoms with Gasteiger partial charge in [0.25, 0.3) is 0 Å². The second kappa shape index (κ2) is 7.01. The van der Waals surface area contributed by atoms with Crippen LogP contribution < -0.4 is 0 Å². The van der Waals surface area contributed by atoms with Gasteiger partial charge in [-0.25, -0.2) is 9.37 Å². The average Bonchev–Trinajstić information content (AvgIpc) is 2.74. The van der Waals surface area contributed by atoms with Gasteiger partial charge in [0.05, 0.1) is 21.4 Å². The molecule has 2 aromatic rings. The molecule has 0 saturated carbocycles. The second-order valence-corrected chi connectivity index (χ2v) is 6.74. The normalized spacial score (nSPS) is 13.1. The molecule has 2 rings (SSSR count). The molecule has 110 valence electrons. The van der Waals surface area contributed by atoms with Gasteiger partial charge in [0.2, 0.25) is 0 Å². The molecule has 0 radical (unpaired) electrons. The maximum atomic E-state index is 13.5. The maximum Gasteiger partial charge on any atom is 0.144 e. The molecule has 0 aliphatic rings. The van der Waals surface area contributed by atoms with Gasteiger partial charge in [0.15, 0.2) is 0 Å². The van der Waals surface area contributed by atoms with E-state index in [0.29, 0.717) is 5.52 Å². The third-order valence-corrected chi connectivity index (χ3v) is 4.34. The van der Waals surface area contributed by atoms with E-state index in [4.69, 9.17) is 23.2 Å². The number of aryl methyl sites for hydroxylation is 1. The number of hydrogen-bond donors (Lipinski definition) is 0. The fraction of sp³-hybridized carbons (Fsp3) is 0.500. The number of halogens is 3. The predicted molar refractivity (Wildman–Crippen MR) is 86.6 cm³/mol. The number of imidazole rings is 1. The standard InChI is InChI=1S/C14H17Cl2FN2S/c1-9(15)14-18-12-8-11(17)10(16)7-13(12)19(14)5-3-4-6-20-2/h7-9H,3-6H2,1-2H3. The molecule has 1 unspecified atom stereocenters. The van der Waals surface area contributed by atoms with Crippen LogP contribution in [0.15, 0.2) is 12.1 Å². The molecular formula is C14H17Cl2FN2S. The number of unbranched alkanes of at least 4 members (excludes halogenated alkanes) is 1. The summed E-state index contributed by atoms with van der Waals surface area (Å²) >= 11 is 13.9. The summed E-state index contributed by atoms with van der Waals surface area (Å²) in [7, 11) is 0. The maximum absolute atomic E-state index is 13.5. The van der Waals surface area contributed by atoms with E-state index in [1.54, 1.807) is 6.07 Å². The summed E-state index contributed by atoms with van der Waals surface area (Å²) in [4.78, 5) is 4.44. The molecule has 0 aliphatic heterocycles. The number of benzene rings is 1. The van der Waals surface area contributed by atoms with Gasteiger partial charge >= 0.3 is 0 Å². The number of rotatable bonds is 6. The molecule has 1 heterocycles. The van der Waals surface area contributed by atoms with Gasteiger partial charge in [-0.3, -0.25) is 0 Å². The first-order valence-corrected chi connectivity index (χ1v) is 8.73. The highest BCUT2D eigenvalue weighted by atomic mass is 35.5. The first-order chi connectivity index (χ1) is 9.54. The van der Waals surface area contributed by atoms with E-state index in [0.717, 1.165) is 36.5 Å². The van der Waals surface area contributed by atoms with E-state index in [1.807, 2.05) is 18.7 Å². The molecule has 0 saturated heterocycles. The molecule has 0 spiro atoms. The van der Waals surface area contributed by atoms with Crippen LogP contribution in [0.5, 0.6) is 0 Å². The topological polar surface area (TPSA) is 17.8 Å². The Morgan fingerprint density at radius 3 is 2.80 bits per heavy atom. The van der Waals surface area contributed by atoms with Gasteiger partial charge < -0.3 is 4.57 Å². The lowest BCUT2D eigenvalue weighted by Crippen LogP contribution is -2.05. The minimum absolute atomic E-state index is 0.122. The Hall–Kier alpha value is -0.450. The zero-order chi connectivity index (χ0) is 14.7. The molecular weight excluding hydrogens is 318 g/mol. The Bertz CT molecular complexity index is 598. The van der Waals surface area contributed by atoms with Gasteiger partial charge in [-0.2, -0.15) is 11.8 Å². The van der Waals surface area contributed by atoms with Gasteiger partial charge in [-0.1, -0.05) is 11.6 Å². The molecule has 2 nitrogen and oxygen atoms in total. The summed E-state index contributed by atoms with van der Waals surface area (Å²) in [5.41, 5.74) is 1.46. The molecule has 0 amide bonds. The Balaban J connectivity index is 2.37. The Morgan fingerprint density at radius 2 is 2.15 bits per heavy atom. The highest BCUT2D eigenvalue weighted by Crippen LogP contribution is 2.28. The Morgan fingerprint density at radius 1 is 1.40 bits per heavy atom. The van der Waals surface area contributed by atoms with Crippen LogP contribution in [0.3, 0.4) is 0 Å². The van der Waals surface area contributed by atoms with E-state index in [9.17, 15) is 4.39 Å². The van der Waals surface area contributed by atoms with Crippen molar-refractivity contribution in [3.8, 4) is 0 Å². The second-order valence-electron chi connectivity index (χ2n) is 4.69. The lowest BCUT2D eigenvalue weighted by molar-refractivity contribution is 0.618. The van der Waals surface area contributed by atoms with Crippen LogP contribution in [-0.4, -0.2) is 21.6 Å². The van der Waals surface area contributed by atoms with E-state index in [1.165, 1.54) is 6.07 Å². The molecule has 0 aliphatic carbocycles. The van der Waals surface area contributed by atoms with Crippen molar-refractivity contribution in [2.45, 2.75) is 31.7 Å². The summed E-state index contributed by atoms with van der Waals surface area (Å²) in [6.45, 7) is 2.70. The largest absolute Gasteiger partial charge is 0.327 e. The summed E-state index contributed by atoms with van der Waals surface area (Å²) in [5, 5.41) is -0.0960. The van der Waals surface area contributed by atoms with E-state index in [-0.39, 0.29) is 10.4 Å². The fourth-order valence-electron chi connectivity index (χ4n) is 2.19. The number of thioether (sulfide) groups is 1. The number of alkyl halides is 1. The van der Waals surface area contributed by atoms with Gasteiger partial charge in [-0.05, 0) is 37.8 Å². The third kappa shape index (κ3) is 3.41. The summed E-state index contributed by atoms with van der Waals surface area (Å²) in [5.74, 6) is 1.46. The van der Waals surface area contributed by atoms with E-state index in [2.05, 4.69) is 15.8 Å². The summed E-state index contributed by atoms with van der Waals surface area (Å²) in [6.07, 6.45) is 4.27. The van der Waals surface area contributed by atoms with E-state index >= 15 is 0 Å². The van der Waals surface area contributed by atoms with Gasteiger partial charge in [-0.15, -0.1) is 11.6 Å². The number of fused-ring (bicyclic) bond motifs is 1.